The van der Waals surface area contributed by atoms with Gasteiger partial charge in [-0.1, -0.05) is 63.2 Å². The van der Waals surface area contributed by atoms with E-state index in [0.29, 0.717) is 6.61 Å². The highest BCUT2D eigenvalue weighted by atomic mass is 16.5. The maximum absolute atomic E-state index is 9.48. The Balaban J connectivity index is 1.75. The van der Waals surface area contributed by atoms with E-state index in [9.17, 15) is 10.2 Å². The summed E-state index contributed by atoms with van der Waals surface area (Å²) in [6, 6.07) is 20.5. The lowest BCUT2D eigenvalue weighted by molar-refractivity contribution is 0.259. The van der Waals surface area contributed by atoms with E-state index in [1.165, 1.54) is 16.7 Å². The number of ether oxygens (including phenoxy) is 1. The SMILES string of the molecule is Cc1cc(CC(C)(C)C)ccc1-c1cccc(OCc2ccc(CO)c(CO)c2)c1. The maximum Gasteiger partial charge on any atom is 0.120 e. The summed E-state index contributed by atoms with van der Waals surface area (Å²) in [5.41, 5.74) is 7.69. The molecule has 3 aromatic carbocycles. The number of hydrogen-bond acceptors (Lipinski definition) is 3. The van der Waals surface area contributed by atoms with E-state index in [1.54, 1.807) is 0 Å². The van der Waals surface area contributed by atoms with E-state index in [1.807, 2.05) is 30.3 Å². The van der Waals surface area contributed by atoms with Crippen LogP contribution in [0.25, 0.3) is 11.1 Å². The molecule has 3 nitrogen and oxygen atoms in total. The van der Waals surface area contributed by atoms with Gasteiger partial charge in [-0.2, -0.15) is 0 Å². The zero-order valence-corrected chi connectivity index (χ0v) is 18.4. The lowest BCUT2D eigenvalue weighted by atomic mass is 9.86. The van der Waals surface area contributed by atoms with Crippen LogP contribution in [0.5, 0.6) is 5.75 Å². The fourth-order valence-electron chi connectivity index (χ4n) is 3.76. The quantitative estimate of drug-likeness (QED) is 0.522. The third-order valence-corrected chi connectivity index (χ3v) is 5.19. The van der Waals surface area contributed by atoms with Crippen molar-refractivity contribution in [1.82, 2.24) is 0 Å². The number of hydrogen-bond donors (Lipinski definition) is 2. The molecule has 3 aromatic rings. The Morgan fingerprint density at radius 2 is 1.53 bits per heavy atom. The molecule has 0 fully saturated rings. The first-order valence-electron chi connectivity index (χ1n) is 10.4. The van der Waals surface area contributed by atoms with Crippen LogP contribution >= 0.6 is 0 Å². The van der Waals surface area contributed by atoms with Gasteiger partial charge in [-0.25, -0.2) is 0 Å². The highest BCUT2D eigenvalue weighted by Crippen LogP contribution is 2.30. The van der Waals surface area contributed by atoms with Crippen LogP contribution in [-0.2, 0) is 26.2 Å². The van der Waals surface area contributed by atoms with Crippen LogP contribution in [0.4, 0.5) is 0 Å². The monoisotopic (exact) mass is 404 g/mol. The standard InChI is InChI=1S/C27H32O3/c1-19-12-20(15-27(2,3)4)9-11-26(19)22-6-5-7-25(14-22)30-18-21-8-10-23(16-28)24(13-21)17-29/h5-14,28-29H,15-18H2,1-4H3. The van der Waals surface area contributed by atoms with Crippen molar-refractivity contribution in [3.63, 3.8) is 0 Å². The van der Waals surface area contributed by atoms with E-state index < -0.39 is 0 Å². The Morgan fingerprint density at radius 1 is 0.800 bits per heavy atom. The first-order chi connectivity index (χ1) is 14.3. The van der Waals surface area contributed by atoms with Crippen LogP contribution in [0.1, 0.15) is 48.6 Å². The fraction of sp³-hybridized carbons (Fsp3) is 0.333. The van der Waals surface area contributed by atoms with Gasteiger partial charge in [-0.3, -0.25) is 0 Å². The normalized spacial score (nSPS) is 11.5. The zero-order chi connectivity index (χ0) is 21.7. The predicted molar refractivity (Wildman–Crippen MR) is 122 cm³/mol. The molecule has 0 spiro atoms. The van der Waals surface area contributed by atoms with Gasteiger partial charge in [0.15, 0.2) is 0 Å². The minimum Gasteiger partial charge on any atom is -0.489 e. The van der Waals surface area contributed by atoms with Gasteiger partial charge in [0.05, 0.1) is 13.2 Å². The van der Waals surface area contributed by atoms with Crippen molar-refractivity contribution >= 4 is 0 Å². The van der Waals surface area contributed by atoms with Gasteiger partial charge < -0.3 is 14.9 Å². The number of aliphatic hydroxyl groups is 2. The predicted octanol–water partition coefficient (Wildman–Crippen LogP) is 5.81. The molecule has 2 N–H and O–H groups in total. The van der Waals surface area contributed by atoms with Crippen LogP contribution < -0.4 is 4.74 Å². The molecule has 30 heavy (non-hydrogen) atoms. The summed E-state index contributed by atoms with van der Waals surface area (Å²) in [4.78, 5) is 0. The molecule has 0 amide bonds. The number of aliphatic hydroxyl groups excluding tert-OH is 2. The van der Waals surface area contributed by atoms with Crippen LogP contribution in [0, 0.1) is 12.3 Å². The first kappa shape index (κ1) is 22.1. The summed E-state index contributed by atoms with van der Waals surface area (Å²) in [5, 5.41) is 18.8. The third-order valence-electron chi connectivity index (χ3n) is 5.19. The minimum atomic E-state index is -0.0935. The average Bonchev–Trinajstić information content (AvgIpc) is 2.71. The van der Waals surface area contributed by atoms with Gasteiger partial charge in [0, 0.05) is 0 Å². The average molecular weight is 405 g/mol. The molecule has 0 heterocycles. The van der Waals surface area contributed by atoms with Crippen molar-refractivity contribution in [3.8, 4) is 16.9 Å². The minimum absolute atomic E-state index is 0.0764. The van der Waals surface area contributed by atoms with Crippen LogP contribution in [0.3, 0.4) is 0 Å². The van der Waals surface area contributed by atoms with Gasteiger partial charge in [0.1, 0.15) is 12.4 Å². The summed E-state index contributed by atoms with van der Waals surface area (Å²) >= 11 is 0. The third kappa shape index (κ3) is 5.71. The van der Waals surface area contributed by atoms with E-state index in [0.717, 1.165) is 34.4 Å². The smallest absolute Gasteiger partial charge is 0.120 e. The molecule has 3 heteroatoms. The van der Waals surface area contributed by atoms with Gasteiger partial charge >= 0.3 is 0 Å². The molecule has 0 saturated carbocycles. The second-order valence-electron chi connectivity index (χ2n) is 9.12. The molecule has 0 aliphatic heterocycles. The second-order valence-corrected chi connectivity index (χ2v) is 9.12. The first-order valence-corrected chi connectivity index (χ1v) is 10.4. The molecule has 0 aliphatic rings. The topological polar surface area (TPSA) is 49.7 Å². The summed E-state index contributed by atoms with van der Waals surface area (Å²) in [6.07, 6.45) is 1.06. The molecule has 0 atom stereocenters. The van der Waals surface area contributed by atoms with Gasteiger partial charge in [0.2, 0.25) is 0 Å². The summed E-state index contributed by atoms with van der Waals surface area (Å²) in [5.74, 6) is 0.808. The molecular weight excluding hydrogens is 372 g/mol. The summed E-state index contributed by atoms with van der Waals surface area (Å²) in [7, 11) is 0. The number of rotatable bonds is 7. The summed E-state index contributed by atoms with van der Waals surface area (Å²) in [6.45, 7) is 9.18. The van der Waals surface area contributed by atoms with Crippen molar-refractivity contribution < 1.29 is 14.9 Å². The van der Waals surface area contributed by atoms with E-state index in [4.69, 9.17) is 4.74 Å². The van der Waals surface area contributed by atoms with Crippen molar-refractivity contribution in [1.29, 1.82) is 0 Å². The molecule has 0 bridgehead atoms. The van der Waals surface area contributed by atoms with Crippen LogP contribution in [-0.4, -0.2) is 10.2 Å². The van der Waals surface area contributed by atoms with Gasteiger partial charge in [-0.05, 0) is 75.9 Å². The van der Waals surface area contributed by atoms with Gasteiger partial charge in [0.25, 0.3) is 0 Å². The Labute approximate surface area is 180 Å². The van der Waals surface area contributed by atoms with Crippen LogP contribution in [0.2, 0.25) is 0 Å². The Bertz CT molecular complexity index is 999. The van der Waals surface area contributed by atoms with Crippen molar-refractivity contribution in [2.75, 3.05) is 0 Å². The van der Waals surface area contributed by atoms with E-state index >= 15 is 0 Å². The molecule has 0 aromatic heterocycles. The summed E-state index contributed by atoms with van der Waals surface area (Å²) < 4.78 is 6.01. The highest BCUT2D eigenvalue weighted by Gasteiger charge is 2.12. The van der Waals surface area contributed by atoms with E-state index in [2.05, 4.69) is 58.0 Å². The lowest BCUT2D eigenvalue weighted by Crippen LogP contribution is -2.09. The highest BCUT2D eigenvalue weighted by molar-refractivity contribution is 5.69. The van der Waals surface area contributed by atoms with E-state index in [-0.39, 0.29) is 18.6 Å². The van der Waals surface area contributed by atoms with Crippen molar-refractivity contribution in [2.24, 2.45) is 5.41 Å². The molecule has 0 saturated heterocycles. The Hall–Kier alpha value is -2.62. The maximum atomic E-state index is 9.48. The molecule has 0 aliphatic carbocycles. The molecular formula is C27H32O3. The van der Waals surface area contributed by atoms with Crippen LogP contribution in [0.15, 0.2) is 60.7 Å². The van der Waals surface area contributed by atoms with Crippen molar-refractivity contribution in [3.05, 3.63) is 88.5 Å². The molecule has 158 valence electrons. The molecule has 0 unspecified atom stereocenters. The lowest BCUT2D eigenvalue weighted by Gasteiger charge is -2.19. The second kappa shape index (κ2) is 9.46. The Morgan fingerprint density at radius 3 is 2.20 bits per heavy atom. The van der Waals surface area contributed by atoms with Gasteiger partial charge in [-0.15, -0.1) is 0 Å². The molecule has 0 radical (unpaired) electrons. The number of benzene rings is 3. The largest absolute Gasteiger partial charge is 0.489 e. The fourth-order valence-corrected chi connectivity index (χ4v) is 3.76. The number of aryl methyl sites for hydroxylation is 1. The van der Waals surface area contributed by atoms with Crippen molar-refractivity contribution in [2.45, 2.75) is 53.9 Å². The Kier molecular flexibility index (Phi) is 6.96. The zero-order valence-electron chi connectivity index (χ0n) is 18.4. The molecule has 3 rings (SSSR count).